The average Bonchev–Trinajstić information content (AvgIpc) is 2.40. The molecule has 0 spiro atoms. The topological polar surface area (TPSA) is 99.5 Å². The minimum absolute atomic E-state index is 0.0230. The van der Waals surface area contributed by atoms with E-state index in [0.717, 1.165) is 0 Å². The van der Waals surface area contributed by atoms with Gasteiger partial charge in [-0.3, -0.25) is 9.78 Å². The number of carbonyl (C=O) groups excluding carboxylic acids is 1. The van der Waals surface area contributed by atoms with Crippen molar-refractivity contribution in [2.45, 2.75) is 0 Å². The van der Waals surface area contributed by atoms with Gasteiger partial charge in [-0.05, 0) is 34.1 Å². The van der Waals surface area contributed by atoms with Crippen LogP contribution in [-0.4, -0.2) is 27.1 Å². The third kappa shape index (κ3) is 2.94. The maximum absolute atomic E-state index is 12.0. The van der Waals surface area contributed by atoms with Crippen LogP contribution in [0.2, 0.25) is 0 Å². The van der Waals surface area contributed by atoms with E-state index >= 15 is 0 Å². The zero-order chi connectivity index (χ0) is 14.7. The Labute approximate surface area is 122 Å². The molecule has 0 bridgehead atoms. The first-order chi connectivity index (χ1) is 9.49. The number of carbonyl (C=O) groups is 2. The second-order valence-electron chi connectivity index (χ2n) is 3.85. The van der Waals surface area contributed by atoms with Crippen molar-refractivity contribution in [2.24, 2.45) is 0 Å². The number of carboxylic acids is 1. The van der Waals surface area contributed by atoms with Crippen LogP contribution in [0.15, 0.2) is 41.1 Å². The van der Waals surface area contributed by atoms with E-state index in [4.69, 9.17) is 5.11 Å². The van der Waals surface area contributed by atoms with E-state index in [9.17, 15) is 14.7 Å². The molecular formula is C13H9BrN2O4. The van der Waals surface area contributed by atoms with E-state index in [1.807, 2.05) is 0 Å². The molecule has 0 aliphatic carbocycles. The summed E-state index contributed by atoms with van der Waals surface area (Å²) in [6.45, 7) is 0. The number of aromatic nitrogens is 1. The molecule has 20 heavy (non-hydrogen) atoms. The molecule has 1 heterocycles. The number of phenols is 1. The molecule has 1 aromatic carbocycles. The molecule has 0 atom stereocenters. The van der Waals surface area contributed by atoms with Crippen molar-refractivity contribution < 1.29 is 19.8 Å². The summed E-state index contributed by atoms with van der Waals surface area (Å²) in [5, 5.41) is 21.1. The number of halogens is 1. The van der Waals surface area contributed by atoms with Gasteiger partial charge in [-0.2, -0.15) is 0 Å². The molecule has 0 aliphatic heterocycles. The van der Waals surface area contributed by atoms with Crippen LogP contribution in [0, 0.1) is 0 Å². The number of hydrogen-bond donors (Lipinski definition) is 3. The van der Waals surface area contributed by atoms with E-state index in [1.165, 1.54) is 30.6 Å². The number of aromatic hydroxyl groups is 1. The second kappa shape index (κ2) is 5.70. The Kier molecular flexibility index (Phi) is 3.99. The summed E-state index contributed by atoms with van der Waals surface area (Å²) in [4.78, 5) is 26.7. The molecule has 6 nitrogen and oxygen atoms in total. The van der Waals surface area contributed by atoms with Crippen molar-refractivity contribution in [1.29, 1.82) is 0 Å². The van der Waals surface area contributed by atoms with Gasteiger partial charge in [0.2, 0.25) is 0 Å². The molecular weight excluding hydrogens is 328 g/mol. The summed E-state index contributed by atoms with van der Waals surface area (Å²) < 4.78 is 0.633. The third-order valence-corrected chi connectivity index (χ3v) is 2.92. The highest BCUT2D eigenvalue weighted by molar-refractivity contribution is 9.10. The smallest absolute Gasteiger partial charge is 0.339 e. The number of amides is 1. The minimum Gasteiger partial charge on any atom is -0.505 e. The van der Waals surface area contributed by atoms with E-state index in [1.54, 1.807) is 6.07 Å². The SMILES string of the molecule is O=C(Nc1cccc(C(=O)O)c1O)c1cncc(Br)c1. The van der Waals surface area contributed by atoms with Crippen LogP contribution in [0.5, 0.6) is 5.75 Å². The zero-order valence-electron chi connectivity index (χ0n) is 10.0. The van der Waals surface area contributed by atoms with Gasteiger partial charge < -0.3 is 15.5 Å². The van der Waals surface area contributed by atoms with Gasteiger partial charge in [-0.25, -0.2) is 4.79 Å². The van der Waals surface area contributed by atoms with Crippen LogP contribution in [0.4, 0.5) is 5.69 Å². The number of rotatable bonds is 3. The van der Waals surface area contributed by atoms with Gasteiger partial charge in [0.15, 0.2) is 5.75 Å². The monoisotopic (exact) mass is 336 g/mol. The molecule has 3 N–H and O–H groups in total. The van der Waals surface area contributed by atoms with Gasteiger partial charge >= 0.3 is 5.97 Å². The lowest BCUT2D eigenvalue weighted by molar-refractivity contribution is 0.0693. The quantitative estimate of drug-likeness (QED) is 0.748. The van der Waals surface area contributed by atoms with Crippen molar-refractivity contribution >= 4 is 33.5 Å². The minimum atomic E-state index is -1.28. The Morgan fingerprint density at radius 2 is 2.00 bits per heavy atom. The van der Waals surface area contributed by atoms with Gasteiger partial charge in [0.05, 0.1) is 11.3 Å². The predicted molar refractivity (Wildman–Crippen MR) is 75.0 cm³/mol. The molecule has 0 aliphatic rings. The van der Waals surface area contributed by atoms with Crippen LogP contribution in [0.1, 0.15) is 20.7 Å². The molecule has 0 saturated heterocycles. The Morgan fingerprint density at radius 3 is 2.65 bits per heavy atom. The molecule has 0 fully saturated rings. The highest BCUT2D eigenvalue weighted by Gasteiger charge is 2.15. The predicted octanol–water partition coefficient (Wildman–Crippen LogP) is 2.50. The Balaban J connectivity index is 2.29. The number of nitrogens with zero attached hydrogens (tertiary/aromatic N) is 1. The normalized spacial score (nSPS) is 10.1. The van der Waals surface area contributed by atoms with Gasteiger partial charge in [-0.15, -0.1) is 0 Å². The number of anilines is 1. The number of carboxylic acid groups (broad SMARTS) is 1. The molecule has 0 saturated carbocycles. The second-order valence-corrected chi connectivity index (χ2v) is 4.77. The summed E-state index contributed by atoms with van der Waals surface area (Å²) in [5.74, 6) is -2.27. The van der Waals surface area contributed by atoms with Crippen LogP contribution in [0.25, 0.3) is 0 Å². The Hall–Kier alpha value is -2.41. The number of benzene rings is 1. The van der Waals surface area contributed by atoms with Crippen molar-refractivity contribution in [3.05, 3.63) is 52.3 Å². The lowest BCUT2D eigenvalue weighted by Crippen LogP contribution is -2.13. The molecule has 2 rings (SSSR count). The fraction of sp³-hybridized carbons (Fsp3) is 0. The first-order valence-corrected chi connectivity index (χ1v) is 6.25. The number of hydrogen-bond acceptors (Lipinski definition) is 4. The van der Waals surface area contributed by atoms with E-state index in [0.29, 0.717) is 4.47 Å². The van der Waals surface area contributed by atoms with Gasteiger partial charge in [-0.1, -0.05) is 6.07 Å². The molecule has 1 aromatic heterocycles. The van der Waals surface area contributed by atoms with Gasteiger partial charge in [0.1, 0.15) is 5.56 Å². The Bertz CT molecular complexity index is 688. The van der Waals surface area contributed by atoms with Crippen LogP contribution < -0.4 is 5.32 Å². The Morgan fingerprint density at radius 1 is 1.25 bits per heavy atom. The largest absolute Gasteiger partial charge is 0.505 e. The number of pyridine rings is 1. The van der Waals surface area contributed by atoms with E-state index in [-0.39, 0.29) is 16.8 Å². The first-order valence-electron chi connectivity index (χ1n) is 5.46. The van der Waals surface area contributed by atoms with E-state index < -0.39 is 17.6 Å². The van der Waals surface area contributed by atoms with Crippen molar-refractivity contribution in [2.75, 3.05) is 5.32 Å². The average molecular weight is 337 g/mol. The number of para-hydroxylation sites is 1. The number of aromatic carboxylic acids is 1. The third-order valence-electron chi connectivity index (χ3n) is 2.48. The zero-order valence-corrected chi connectivity index (χ0v) is 11.6. The number of nitrogens with one attached hydrogen (secondary N) is 1. The fourth-order valence-electron chi connectivity index (χ4n) is 1.55. The summed E-state index contributed by atoms with van der Waals surface area (Å²) in [5.41, 5.74) is 0.0181. The van der Waals surface area contributed by atoms with Crippen molar-refractivity contribution in [3.8, 4) is 5.75 Å². The lowest BCUT2D eigenvalue weighted by atomic mass is 10.1. The van der Waals surface area contributed by atoms with Gasteiger partial charge in [0, 0.05) is 16.9 Å². The fourth-order valence-corrected chi connectivity index (χ4v) is 1.91. The van der Waals surface area contributed by atoms with E-state index in [2.05, 4.69) is 26.2 Å². The van der Waals surface area contributed by atoms with Gasteiger partial charge in [0.25, 0.3) is 5.91 Å². The van der Waals surface area contributed by atoms with Crippen LogP contribution in [-0.2, 0) is 0 Å². The summed E-state index contributed by atoms with van der Waals surface area (Å²) in [7, 11) is 0. The molecule has 0 unspecified atom stereocenters. The summed E-state index contributed by atoms with van der Waals surface area (Å²) in [6.07, 6.45) is 2.89. The standard InChI is InChI=1S/C13H9BrN2O4/c14-8-4-7(5-15-6-8)12(18)16-10-3-1-2-9(11(10)17)13(19)20/h1-6,17H,(H,16,18)(H,19,20). The van der Waals surface area contributed by atoms with Crippen molar-refractivity contribution in [3.63, 3.8) is 0 Å². The van der Waals surface area contributed by atoms with Crippen molar-refractivity contribution in [1.82, 2.24) is 4.98 Å². The molecule has 0 radical (unpaired) electrons. The summed E-state index contributed by atoms with van der Waals surface area (Å²) in [6, 6.07) is 5.64. The maximum Gasteiger partial charge on any atom is 0.339 e. The summed E-state index contributed by atoms with van der Waals surface area (Å²) >= 11 is 3.19. The highest BCUT2D eigenvalue weighted by atomic mass is 79.9. The highest BCUT2D eigenvalue weighted by Crippen LogP contribution is 2.27. The van der Waals surface area contributed by atoms with Crippen LogP contribution in [0.3, 0.4) is 0 Å². The molecule has 1 amide bonds. The first kappa shape index (κ1) is 14.0. The van der Waals surface area contributed by atoms with Crippen LogP contribution >= 0.6 is 15.9 Å². The molecule has 7 heteroatoms. The maximum atomic E-state index is 12.0. The molecule has 2 aromatic rings. The molecule has 102 valence electrons. The lowest BCUT2D eigenvalue weighted by Gasteiger charge is -2.09.